The number of nitrogens with one attached hydrogen (secondary N) is 1. The van der Waals surface area contributed by atoms with Crippen LogP contribution >= 0.6 is 11.8 Å². The first-order valence-electron chi connectivity index (χ1n) is 7.31. The molecule has 2 bridgehead atoms. The van der Waals surface area contributed by atoms with Crippen molar-refractivity contribution in [2.45, 2.75) is 31.7 Å². The maximum Gasteiger partial charge on any atom is 0.0285 e. The third kappa shape index (κ3) is 2.99. The first kappa shape index (κ1) is 12.3. The van der Waals surface area contributed by atoms with E-state index >= 15 is 0 Å². The Morgan fingerprint density at radius 2 is 2.18 bits per heavy atom. The van der Waals surface area contributed by atoms with E-state index in [4.69, 9.17) is 0 Å². The fourth-order valence-corrected chi connectivity index (χ4v) is 5.12. The summed E-state index contributed by atoms with van der Waals surface area (Å²) in [5, 5.41) is 3.65. The number of likely N-dealkylation sites (N-methyl/N-ethyl adjacent to an activating group) is 1. The lowest BCUT2D eigenvalue weighted by Gasteiger charge is -2.31. The number of hydrogen-bond donors (Lipinski definition) is 1. The van der Waals surface area contributed by atoms with E-state index in [1.807, 2.05) is 0 Å². The summed E-state index contributed by atoms with van der Waals surface area (Å²) in [5.74, 6) is 5.81. The second-order valence-electron chi connectivity index (χ2n) is 6.38. The Kier molecular flexibility index (Phi) is 3.98. The van der Waals surface area contributed by atoms with Crippen LogP contribution in [0.25, 0.3) is 0 Å². The van der Waals surface area contributed by atoms with E-state index < -0.39 is 0 Å². The van der Waals surface area contributed by atoms with Crippen molar-refractivity contribution in [3.63, 3.8) is 0 Å². The van der Waals surface area contributed by atoms with Crippen LogP contribution in [-0.2, 0) is 0 Å². The van der Waals surface area contributed by atoms with Crippen LogP contribution in [0.1, 0.15) is 25.7 Å². The molecule has 0 spiro atoms. The second kappa shape index (κ2) is 5.50. The van der Waals surface area contributed by atoms with Crippen LogP contribution in [0.5, 0.6) is 0 Å². The van der Waals surface area contributed by atoms with Gasteiger partial charge in [0.2, 0.25) is 0 Å². The van der Waals surface area contributed by atoms with Gasteiger partial charge in [-0.05, 0) is 44.1 Å². The minimum Gasteiger partial charge on any atom is -0.311 e. The largest absolute Gasteiger partial charge is 0.311 e. The Morgan fingerprint density at radius 3 is 2.82 bits per heavy atom. The number of nitrogens with zero attached hydrogens (tertiary/aromatic N) is 1. The fraction of sp³-hybridized carbons (Fsp3) is 1.00. The predicted octanol–water partition coefficient (Wildman–Crippen LogP) is 2.06. The SMILES string of the molecule is CN(CC1CSCCN1)CC1CC2CCC1C2. The van der Waals surface area contributed by atoms with Gasteiger partial charge < -0.3 is 10.2 Å². The van der Waals surface area contributed by atoms with Crippen LogP contribution in [0, 0.1) is 17.8 Å². The smallest absolute Gasteiger partial charge is 0.0285 e. The van der Waals surface area contributed by atoms with Gasteiger partial charge in [0.05, 0.1) is 0 Å². The summed E-state index contributed by atoms with van der Waals surface area (Å²) in [5.41, 5.74) is 0. The Balaban J connectivity index is 1.42. The second-order valence-corrected chi connectivity index (χ2v) is 7.53. The zero-order valence-electron chi connectivity index (χ0n) is 11.0. The summed E-state index contributed by atoms with van der Waals surface area (Å²) in [7, 11) is 2.33. The van der Waals surface area contributed by atoms with Crippen LogP contribution < -0.4 is 5.32 Å². The fourth-order valence-electron chi connectivity index (χ4n) is 4.19. The van der Waals surface area contributed by atoms with Gasteiger partial charge in [-0.3, -0.25) is 0 Å². The molecule has 3 fully saturated rings. The van der Waals surface area contributed by atoms with Gasteiger partial charge in [0.1, 0.15) is 0 Å². The molecule has 3 heteroatoms. The topological polar surface area (TPSA) is 15.3 Å². The normalized spacial score (nSPS) is 41.3. The highest BCUT2D eigenvalue weighted by molar-refractivity contribution is 7.99. The molecule has 2 nitrogen and oxygen atoms in total. The molecular formula is C14H26N2S. The molecule has 1 saturated heterocycles. The van der Waals surface area contributed by atoms with Gasteiger partial charge >= 0.3 is 0 Å². The maximum absolute atomic E-state index is 3.65. The van der Waals surface area contributed by atoms with E-state index in [1.165, 1.54) is 50.4 Å². The van der Waals surface area contributed by atoms with Gasteiger partial charge in [0.15, 0.2) is 0 Å². The minimum absolute atomic E-state index is 0.734. The van der Waals surface area contributed by atoms with E-state index in [2.05, 4.69) is 29.0 Å². The van der Waals surface area contributed by atoms with Crippen LogP contribution in [0.3, 0.4) is 0 Å². The van der Waals surface area contributed by atoms with E-state index in [0.29, 0.717) is 0 Å². The lowest BCUT2D eigenvalue weighted by atomic mass is 9.88. The molecule has 2 aliphatic carbocycles. The van der Waals surface area contributed by atoms with E-state index in [1.54, 1.807) is 6.42 Å². The number of rotatable bonds is 4. The summed E-state index contributed by atoms with van der Waals surface area (Å²) in [4.78, 5) is 2.59. The predicted molar refractivity (Wildman–Crippen MR) is 75.6 cm³/mol. The maximum atomic E-state index is 3.65. The monoisotopic (exact) mass is 254 g/mol. The number of hydrogen-bond acceptors (Lipinski definition) is 3. The van der Waals surface area contributed by atoms with Crippen molar-refractivity contribution in [3.05, 3.63) is 0 Å². The standard InChI is InChI=1S/C14H26N2S/c1-16(9-14-10-17-5-4-15-14)8-13-7-11-2-3-12(13)6-11/h11-15H,2-10H2,1H3. The quantitative estimate of drug-likeness (QED) is 0.827. The molecule has 4 atom stereocenters. The third-order valence-electron chi connectivity index (χ3n) is 4.96. The zero-order valence-corrected chi connectivity index (χ0v) is 11.8. The van der Waals surface area contributed by atoms with E-state index in [-0.39, 0.29) is 0 Å². The van der Waals surface area contributed by atoms with Crippen molar-refractivity contribution in [1.29, 1.82) is 0 Å². The molecule has 3 aliphatic rings. The highest BCUT2D eigenvalue weighted by Crippen LogP contribution is 2.48. The van der Waals surface area contributed by atoms with Crippen molar-refractivity contribution in [2.24, 2.45) is 17.8 Å². The van der Waals surface area contributed by atoms with Gasteiger partial charge in [-0.15, -0.1) is 0 Å². The Bertz CT molecular complexity index is 253. The number of thioether (sulfide) groups is 1. The molecule has 1 N–H and O–H groups in total. The van der Waals surface area contributed by atoms with Gasteiger partial charge in [0.25, 0.3) is 0 Å². The highest BCUT2D eigenvalue weighted by Gasteiger charge is 2.39. The van der Waals surface area contributed by atoms with Crippen molar-refractivity contribution in [2.75, 3.05) is 38.2 Å². The molecule has 0 aromatic heterocycles. The molecule has 17 heavy (non-hydrogen) atoms. The number of fused-ring (bicyclic) bond motifs is 2. The van der Waals surface area contributed by atoms with Crippen LogP contribution in [-0.4, -0.2) is 49.1 Å². The molecule has 0 radical (unpaired) electrons. The van der Waals surface area contributed by atoms with Crippen LogP contribution in [0.4, 0.5) is 0 Å². The summed E-state index contributed by atoms with van der Waals surface area (Å²) in [6.45, 7) is 3.81. The molecule has 1 aliphatic heterocycles. The first-order chi connectivity index (χ1) is 8.31. The van der Waals surface area contributed by atoms with Crippen LogP contribution in [0.2, 0.25) is 0 Å². The van der Waals surface area contributed by atoms with Crippen LogP contribution in [0.15, 0.2) is 0 Å². The molecule has 4 unspecified atom stereocenters. The molecule has 3 rings (SSSR count). The molecule has 0 aromatic rings. The average Bonchev–Trinajstić information content (AvgIpc) is 2.92. The summed E-state index contributed by atoms with van der Waals surface area (Å²) >= 11 is 2.11. The zero-order chi connectivity index (χ0) is 11.7. The lowest BCUT2D eigenvalue weighted by molar-refractivity contribution is 0.208. The Morgan fingerprint density at radius 1 is 1.24 bits per heavy atom. The van der Waals surface area contributed by atoms with Crippen molar-refractivity contribution >= 4 is 11.8 Å². The summed E-state index contributed by atoms with van der Waals surface area (Å²) in [6.07, 6.45) is 6.14. The van der Waals surface area contributed by atoms with Gasteiger partial charge in [-0.2, -0.15) is 11.8 Å². The summed E-state index contributed by atoms with van der Waals surface area (Å²) < 4.78 is 0. The lowest BCUT2D eigenvalue weighted by Crippen LogP contribution is -2.46. The van der Waals surface area contributed by atoms with Crippen molar-refractivity contribution < 1.29 is 0 Å². The highest BCUT2D eigenvalue weighted by atomic mass is 32.2. The third-order valence-corrected chi connectivity index (χ3v) is 6.09. The Labute approximate surface area is 110 Å². The van der Waals surface area contributed by atoms with Gasteiger partial charge in [0, 0.05) is 37.2 Å². The molecule has 0 aromatic carbocycles. The van der Waals surface area contributed by atoms with Crippen molar-refractivity contribution in [3.8, 4) is 0 Å². The molecule has 0 amide bonds. The first-order valence-corrected chi connectivity index (χ1v) is 8.46. The molecular weight excluding hydrogens is 228 g/mol. The Hall–Kier alpha value is 0.270. The van der Waals surface area contributed by atoms with E-state index in [9.17, 15) is 0 Å². The van der Waals surface area contributed by atoms with Crippen molar-refractivity contribution in [1.82, 2.24) is 10.2 Å². The molecule has 98 valence electrons. The summed E-state index contributed by atoms with van der Waals surface area (Å²) in [6, 6.07) is 0.734. The average molecular weight is 254 g/mol. The van der Waals surface area contributed by atoms with Gasteiger partial charge in [-0.1, -0.05) is 6.42 Å². The minimum atomic E-state index is 0.734. The van der Waals surface area contributed by atoms with E-state index in [0.717, 1.165) is 23.8 Å². The van der Waals surface area contributed by atoms with Gasteiger partial charge in [-0.25, -0.2) is 0 Å². The molecule has 1 heterocycles. The molecule has 2 saturated carbocycles.